The van der Waals surface area contributed by atoms with Gasteiger partial charge in [0.25, 0.3) is 0 Å². The second kappa shape index (κ2) is 2.84. The van der Waals surface area contributed by atoms with Crippen molar-refractivity contribution in [2.75, 3.05) is 18.1 Å². The summed E-state index contributed by atoms with van der Waals surface area (Å²) < 4.78 is 5.12. The Morgan fingerprint density at radius 1 is 1.71 bits per heavy atom. The minimum absolute atomic E-state index is 0.193. The maximum atomic E-state index is 5.12. The van der Waals surface area contributed by atoms with E-state index in [0.29, 0.717) is 0 Å². The highest BCUT2D eigenvalue weighted by Crippen LogP contribution is 2.13. The summed E-state index contributed by atoms with van der Waals surface area (Å²) in [6.45, 7) is 0.874. The number of hydrogen-bond acceptors (Lipinski definition) is 3. The first kappa shape index (κ1) is 5.79. The zero-order chi connectivity index (χ0) is 5.11. The third kappa shape index (κ3) is 1.93. The van der Waals surface area contributed by atoms with E-state index in [0.717, 1.165) is 18.1 Å². The minimum atomic E-state index is 0.193. The van der Waals surface area contributed by atoms with Gasteiger partial charge in [-0.05, 0) is 0 Å². The van der Waals surface area contributed by atoms with E-state index in [1.165, 1.54) is 0 Å². The first-order chi connectivity index (χ1) is 3.39. The van der Waals surface area contributed by atoms with Gasteiger partial charge in [-0.3, -0.25) is 0 Å². The second-order valence-electron chi connectivity index (χ2n) is 1.40. The fraction of sp³-hybridized carbons (Fsp3) is 1.00. The molecule has 0 N–H and O–H groups in total. The molecule has 42 valence electrons. The Bertz CT molecular complexity index is 51.7. The van der Waals surface area contributed by atoms with Gasteiger partial charge in [-0.15, -0.1) is 12.6 Å². The van der Waals surface area contributed by atoms with Crippen LogP contribution in [-0.4, -0.2) is 23.5 Å². The third-order valence-electron chi connectivity index (χ3n) is 0.798. The first-order valence-electron chi connectivity index (χ1n) is 2.27. The monoisotopic (exact) mass is 136 g/mol. The number of thiol groups is 1. The van der Waals surface area contributed by atoms with Gasteiger partial charge < -0.3 is 4.74 Å². The molecule has 1 nitrogen and oxygen atoms in total. The molecule has 0 aromatic rings. The fourth-order valence-corrected chi connectivity index (χ4v) is 1.58. The van der Waals surface area contributed by atoms with Gasteiger partial charge in [-0.2, -0.15) is 11.8 Å². The highest BCUT2D eigenvalue weighted by Gasteiger charge is 2.07. The summed E-state index contributed by atoms with van der Waals surface area (Å²) in [6, 6.07) is 0. The lowest BCUT2D eigenvalue weighted by Gasteiger charge is -2.16. The van der Waals surface area contributed by atoms with E-state index in [2.05, 4.69) is 12.6 Å². The maximum Gasteiger partial charge on any atom is 0.109 e. The molecule has 0 saturated carbocycles. The summed E-state index contributed by atoms with van der Waals surface area (Å²) in [6.07, 6.45) is 0. The van der Waals surface area contributed by atoms with E-state index in [4.69, 9.17) is 4.74 Å². The van der Waals surface area contributed by atoms with Crippen LogP contribution in [-0.2, 0) is 4.74 Å². The SMILES string of the molecule is SC1CSCCO1. The molecule has 0 spiro atoms. The van der Waals surface area contributed by atoms with Crippen LogP contribution in [0, 0.1) is 0 Å². The molecule has 0 amide bonds. The van der Waals surface area contributed by atoms with Gasteiger partial charge in [-0.1, -0.05) is 0 Å². The topological polar surface area (TPSA) is 9.23 Å². The van der Waals surface area contributed by atoms with Crippen molar-refractivity contribution < 1.29 is 4.74 Å². The highest BCUT2D eigenvalue weighted by atomic mass is 32.2. The van der Waals surface area contributed by atoms with Crippen molar-refractivity contribution in [2.24, 2.45) is 0 Å². The Morgan fingerprint density at radius 2 is 2.57 bits per heavy atom. The molecule has 0 radical (unpaired) electrons. The van der Waals surface area contributed by atoms with Crippen molar-refractivity contribution in [3.8, 4) is 0 Å². The van der Waals surface area contributed by atoms with Crippen molar-refractivity contribution in [3.63, 3.8) is 0 Å². The summed E-state index contributed by atoms with van der Waals surface area (Å²) in [4.78, 5) is 0. The lowest BCUT2D eigenvalue weighted by atomic mass is 10.7. The van der Waals surface area contributed by atoms with E-state index < -0.39 is 0 Å². The number of thioether (sulfide) groups is 1. The molecule has 7 heavy (non-hydrogen) atoms. The van der Waals surface area contributed by atoms with E-state index >= 15 is 0 Å². The molecule has 1 unspecified atom stereocenters. The van der Waals surface area contributed by atoms with Crippen molar-refractivity contribution in [2.45, 2.75) is 5.44 Å². The Labute approximate surface area is 53.2 Å². The predicted octanol–water partition coefficient (Wildman–Crippen LogP) is 1.01. The average molecular weight is 136 g/mol. The van der Waals surface area contributed by atoms with Crippen LogP contribution in [0.5, 0.6) is 0 Å². The van der Waals surface area contributed by atoms with Gasteiger partial charge in [0.05, 0.1) is 6.61 Å². The van der Waals surface area contributed by atoms with Crippen LogP contribution in [0.1, 0.15) is 0 Å². The van der Waals surface area contributed by atoms with Gasteiger partial charge in [0.1, 0.15) is 5.44 Å². The van der Waals surface area contributed by atoms with Crippen molar-refractivity contribution in [3.05, 3.63) is 0 Å². The van der Waals surface area contributed by atoms with Crippen molar-refractivity contribution in [1.29, 1.82) is 0 Å². The molecule has 0 aliphatic carbocycles. The average Bonchev–Trinajstić information content (AvgIpc) is 1.69. The van der Waals surface area contributed by atoms with Gasteiger partial charge in [0, 0.05) is 11.5 Å². The van der Waals surface area contributed by atoms with Crippen LogP contribution in [0.3, 0.4) is 0 Å². The van der Waals surface area contributed by atoms with Gasteiger partial charge in [0.15, 0.2) is 0 Å². The molecule has 1 aliphatic heterocycles. The van der Waals surface area contributed by atoms with Crippen molar-refractivity contribution >= 4 is 24.4 Å². The van der Waals surface area contributed by atoms with E-state index in [-0.39, 0.29) is 5.44 Å². The summed E-state index contributed by atoms with van der Waals surface area (Å²) in [5.74, 6) is 2.18. The molecule has 0 bridgehead atoms. The molecule has 1 rings (SSSR count). The molecular formula is C4H8OS2. The van der Waals surface area contributed by atoms with Crippen LogP contribution in [0.15, 0.2) is 0 Å². The van der Waals surface area contributed by atoms with E-state index in [1.807, 2.05) is 11.8 Å². The lowest BCUT2D eigenvalue weighted by molar-refractivity contribution is 0.138. The number of ether oxygens (including phenoxy) is 1. The van der Waals surface area contributed by atoms with Crippen LogP contribution < -0.4 is 0 Å². The van der Waals surface area contributed by atoms with Crippen LogP contribution >= 0.6 is 24.4 Å². The molecule has 0 aromatic heterocycles. The molecular weight excluding hydrogens is 128 g/mol. The summed E-state index contributed by atoms with van der Waals surface area (Å²) in [5.41, 5.74) is 0.193. The largest absolute Gasteiger partial charge is 0.366 e. The lowest BCUT2D eigenvalue weighted by Crippen LogP contribution is -2.16. The zero-order valence-electron chi connectivity index (χ0n) is 3.96. The number of rotatable bonds is 0. The van der Waals surface area contributed by atoms with Gasteiger partial charge in [-0.25, -0.2) is 0 Å². The zero-order valence-corrected chi connectivity index (χ0v) is 5.67. The highest BCUT2D eigenvalue weighted by molar-refractivity contribution is 8.00. The van der Waals surface area contributed by atoms with Crippen LogP contribution in [0.25, 0.3) is 0 Å². The third-order valence-corrected chi connectivity index (χ3v) is 2.37. The first-order valence-corrected chi connectivity index (χ1v) is 3.94. The molecule has 3 heteroatoms. The Balaban J connectivity index is 2.12. The minimum Gasteiger partial charge on any atom is -0.366 e. The summed E-state index contributed by atoms with van der Waals surface area (Å²) in [7, 11) is 0. The smallest absolute Gasteiger partial charge is 0.109 e. The molecule has 1 fully saturated rings. The number of hydrogen-bond donors (Lipinski definition) is 1. The normalized spacial score (nSPS) is 33.0. The molecule has 1 atom stereocenters. The van der Waals surface area contributed by atoms with Crippen LogP contribution in [0.2, 0.25) is 0 Å². The van der Waals surface area contributed by atoms with Crippen LogP contribution in [0.4, 0.5) is 0 Å². The van der Waals surface area contributed by atoms with Gasteiger partial charge in [0.2, 0.25) is 0 Å². The predicted molar refractivity (Wildman–Crippen MR) is 36.1 cm³/mol. The van der Waals surface area contributed by atoms with E-state index in [1.54, 1.807) is 0 Å². The van der Waals surface area contributed by atoms with Gasteiger partial charge >= 0.3 is 0 Å². The Hall–Kier alpha value is 0.660. The molecule has 1 heterocycles. The fourth-order valence-electron chi connectivity index (χ4n) is 0.475. The second-order valence-corrected chi connectivity index (χ2v) is 3.13. The quantitative estimate of drug-likeness (QED) is 0.498. The maximum absolute atomic E-state index is 5.12. The Kier molecular flexibility index (Phi) is 2.35. The molecule has 1 aliphatic rings. The van der Waals surface area contributed by atoms with E-state index in [9.17, 15) is 0 Å². The van der Waals surface area contributed by atoms with Crippen molar-refractivity contribution in [1.82, 2.24) is 0 Å². The summed E-state index contributed by atoms with van der Waals surface area (Å²) >= 11 is 6.02. The standard InChI is InChI=1S/C4H8OS2/c6-4-3-7-2-1-5-4/h4,6H,1-3H2. The summed E-state index contributed by atoms with van der Waals surface area (Å²) in [5, 5.41) is 0. The molecule has 1 saturated heterocycles. The Morgan fingerprint density at radius 3 is 2.86 bits per heavy atom. The molecule has 0 aromatic carbocycles.